The maximum absolute atomic E-state index is 9.93. The maximum atomic E-state index is 9.93. The largest absolute Gasteiger partial charge is 0.497 e. The van der Waals surface area contributed by atoms with E-state index in [9.17, 15) is 4.79 Å². The fourth-order valence-corrected chi connectivity index (χ4v) is 8.06. The predicted octanol–water partition coefficient (Wildman–Crippen LogP) is 22.5. The molecule has 8 nitrogen and oxygen atoms in total. The number of fused-ring (bicyclic) bond motifs is 1. The van der Waals surface area contributed by atoms with Crippen LogP contribution in [0.3, 0.4) is 0 Å². The van der Waals surface area contributed by atoms with E-state index in [0.29, 0.717) is 0 Å². The lowest BCUT2D eigenvalue weighted by Gasteiger charge is -2.08. The first-order chi connectivity index (χ1) is 42.1. The zero-order chi connectivity index (χ0) is 66.1. The summed E-state index contributed by atoms with van der Waals surface area (Å²) in [6.45, 7) is 37.1. The number of nitrogens with one attached hydrogen (secondary N) is 1. The number of hydrogen-bond acceptors (Lipinski definition) is 7. The van der Waals surface area contributed by atoms with Gasteiger partial charge in [-0.05, 0) is 192 Å². The molecule has 6 aromatic carbocycles. The summed E-state index contributed by atoms with van der Waals surface area (Å²) in [5.74, 6) is 2.98. The van der Waals surface area contributed by atoms with Crippen LogP contribution in [-0.4, -0.2) is 81.6 Å². The molecule has 89 heavy (non-hydrogen) atoms. The van der Waals surface area contributed by atoms with Crippen molar-refractivity contribution in [3.63, 3.8) is 0 Å². The van der Waals surface area contributed by atoms with Crippen LogP contribution in [0.2, 0.25) is 10.0 Å². The number of hydrogen-bond donors (Lipinski definition) is 2. The Labute approximate surface area is 557 Å². The van der Waals surface area contributed by atoms with Crippen molar-refractivity contribution in [2.45, 2.75) is 182 Å². The van der Waals surface area contributed by atoms with Gasteiger partial charge >= 0.3 is 0 Å². The van der Waals surface area contributed by atoms with Gasteiger partial charge in [0.1, 0.15) is 11.5 Å². The second-order valence-corrected chi connectivity index (χ2v) is 20.2. The van der Waals surface area contributed by atoms with Gasteiger partial charge in [-0.1, -0.05) is 235 Å². The van der Waals surface area contributed by atoms with Gasteiger partial charge in [0, 0.05) is 55.7 Å². The average molecular weight is 1270 g/mol. The van der Waals surface area contributed by atoms with Gasteiger partial charge in [0.25, 0.3) is 0 Å². The van der Waals surface area contributed by atoms with Crippen LogP contribution in [0.5, 0.6) is 11.5 Å². The number of amides is 1. The number of methoxy groups -OCH3 is 3. The molecule has 2 N–H and O–H groups in total. The highest BCUT2D eigenvalue weighted by Crippen LogP contribution is 2.26. The van der Waals surface area contributed by atoms with Crippen molar-refractivity contribution in [2.75, 3.05) is 60.7 Å². The van der Waals surface area contributed by atoms with Crippen LogP contribution in [-0.2, 0) is 35.2 Å². The predicted molar refractivity (Wildman–Crippen MR) is 398 cm³/mol. The molecule has 1 saturated heterocycles. The van der Waals surface area contributed by atoms with Gasteiger partial charge in [-0.3, -0.25) is 9.78 Å². The SMILES string of the molecule is C.C.C=CC.CC.CCC1CCCC1.CCN1CCCC1.CCNC(C)=O.CCO.CCOC.CCc1ccc(OC)cc1.CCc1cccc(Cl)c1.CCc1ccccc1.CCc1ccccn1.COc1ccc2ccccc2c1.Cc1cccc(Cl)c1. The van der Waals surface area contributed by atoms with Gasteiger partial charge < -0.3 is 29.5 Å². The number of nitrogens with zero attached hydrogens (tertiary/aromatic N) is 2. The van der Waals surface area contributed by atoms with Crippen molar-refractivity contribution >= 4 is 39.9 Å². The quantitative estimate of drug-likeness (QED) is 0.132. The minimum atomic E-state index is 0. The molecule has 2 heterocycles. The summed E-state index contributed by atoms with van der Waals surface area (Å²) < 4.78 is 14.7. The number of aromatic nitrogens is 1. The van der Waals surface area contributed by atoms with Gasteiger partial charge in [-0.25, -0.2) is 0 Å². The summed E-state index contributed by atoms with van der Waals surface area (Å²) in [7, 11) is 5.05. The molecule has 0 spiro atoms. The molecule has 502 valence electrons. The lowest BCUT2D eigenvalue weighted by Crippen LogP contribution is -2.18. The highest BCUT2D eigenvalue weighted by molar-refractivity contribution is 6.30. The van der Waals surface area contributed by atoms with E-state index in [2.05, 4.69) is 129 Å². The van der Waals surface area contributed by atoms with Crippen LogP contribution < -0.4 is 14.8 Å². The maximum Gasteiger partial charge on any atom is 0.216 e. The second-order valence-electron chi connectivity index (χ2n) is 19.3. The van der Waals surface area contributed by atoms with E-state index in [0.717, 1.165) is 72.0 Å². The van der Waals surface area contributed by atoms with E-state index in [-0.39, 0.29) is 27.4 Å². The molecule has 2 fully saturated rings. The van der Waals surface area contributed by atoms with Gasteiger partial charge in [-0.15, -0.1) is 6.58 Å². The Morgan fingerprint density at radius 2 is 1.07 bits per heavy atom. The Morgan fingerprint density at radius 3 is 1.39 bits per heavy atom. The number of halogens is 2. The molecule has 1 amide bonds. The van der Waals surface area contributed by atoms with Crippen molar-refractivity contribution < 1.29 is 24.1 Å². The van der Waals surface area contributed by atoms with Gasteiger partial charge in [0.15, 0.2) is 0 Å². The van der Waals surface area contributed by atoms with Crippen molar-refractivity contribution in [3.05, 3.63) is 221 Å². The first kappa shape index (κ1) is 94.1. The van der Waals surface area contributed by atoms with Crippen LogP contribution in [0.15, 0.2) is 183 Å². The summed E-state index contributed by atoms with van der Waals surface area (Å²) in [6, 6.07) is 54.6. The minimum absolute atomic E-state index is 0. The molecule has 9 rings (SSSR count). The number of carbonyl (C=O) groups is 1. The number of aliphatic hydroxyl groups excluding tert-OH is 1. The van der Waals surface area contributed by atoms with Crippen LogP contribution in [0.25, 0.3) is 10.8 Å². The van der Waals surface area contributed by atoms with Crippen LogP contribution in [0, 0.1) is 12.8 Å². The number of aryl methyl sites for hydroxylation is 5. The van der Waals surface area contributed by atoms with E-state index in [1.54, 1.807) is 34.3 Å². The number of pyridine rings is 1. The Morgan fingerprint density at radius 1 is 0.607 bits per heavy atom. The molecule has 1 saturated carbocycles. The molecule has 1 aromatic heterocycles. The number of aliphatic hydroxyl groups is 1. The zero-order valence-corrected chi connectivity index (χ0v) is 58.8. The summed E-state index contributed by atoms with van der Waals surface area (Å²) >= 11 is 11.4. The number of allylic oxidation sites excluding steroid dienone is 1. The molecule has 0 radical (unpaired) electrons. The first-order valence-corrected chi connectivity index (χ1v) is 32.6. The van der Waals surface area contributed by atoms with E-state index in [1.807, 2.05) is 151 Å². The monoisotopic (exact) mass is 1270 g/mol. The highest BCUT2D eigenvalue weighted by atomic mass is 35.5. The number of carbonyl (C=O) groups excluding carboxylic acids is 1. The molecule has 0 bridgehead atoms. The van der Waals surface area contributed by atoms with Crippen LogP contribution in [0.4, 0.5) is 0 Å². The number of rotatable bonds is 10. The molecule has 7 aromatic rings. The fraction of sp³-hybridized carbons (Fsp3) is 0.468. The molecule has 10 heteroatoms. The van der Waals surface area contributed by atoms with Crippen molar-refractivity contribution in [2.24, 2.45) is 5.92 Å². The Bertz CT molecular complexity index is 2440. The third-order valence-electron chi connectivity index (χ3n) is 12.6. The number of likely N-dealkylation sites (tertiary alicyclic amines) is 1. The summed E-state index contributed by atoms with van der Waals surface area (Å²) in [4.78, 5) is 16.5. The topological polar surface area (TPSA) is 93.2 Å². The van der Waals surface area contributed by atoms with E-state index < -0.39 is 0 Å². The standard InChI is InChI=1S/C11H10O.C9H12O.C8H9Cl.C8H10.C7H7Cl.C7H9N.C7H14.C6H13N.C4H9NO.C3H8O.C3H6.C2H6O.C2H6.2CH4/c1-12-11-7-6-9-4-2-3-5-10(9)8-11;1-3-8-4-6-9(10-2)7-5-8;1-2-7-4-3-5-8(9)6-7;1-2-8-6-4-3-5-7-8;1-6-3-2-4-7(8)5-6;1-2-7-5-3-4-6-8-7;2*1-2-7-5-3-4-6-7;1-3-5-4(2)6;1-3-4-2;1-3-2;1-2-3;1-2;;/h2-8H,1H3;4-7H,3H2,1-2H3;3-6H,2H2,1H3;3-7H,2H2,1H3;2-5H,1H3;3-6H,2H2,1H3;7H,2-6H2,1H3;2-6H2,1H3;3H2,1-2H3,(H,5,6);3H2,1-2H3;3H,1H2,2H3;3H,2H2,1H3;1-2H3;2*1H4. The Kier molecular flexibility index (Phi) is 75.2. The number of benzene rings is 6. The zero-order valence-electron chi connectivity index (χ0n) is 57.3. The third-order valence-corrected chi connectivity index (χ3v) is 13.0. The lowest BCUT2D eigenvalue weighted by atomic mass is 10.1. The van der Waals surface area contributed by atoms with Gasteiger partial charge in [-0.2, -0.15) is 0 Å². The van der Waals surface area contributed by atoms with Crippen molar-refractivity contribution in [3.8, 4) is 11.5 Å². The minimum Gasteiger partial charge on any atom is -0.497 e. The van der Waals surface area contributed by atoms with E-state index >= 15 is 0 Å². The molecule has 1 aliphatic carbocycles. The molecule has 2 aliphatic rings. The summed E-state index contributed by atoms with van der Waals surface area (Å²) in [6.07, 6.45) is 18.2. The van der Waals surface area contributed by atoms with Gasteiger partial charge in [0.05, 0.1) is 14.2 Å². The van der Waals surface area contributed by atoms with E-state index in [4.69, 9.17) is 37.8 Å². The molecule has 0 unspecified atom stereocenters. The molecule has 0 atom stereocenters. The summed E-state index contributed by atoms with van der Waals surface area (Å²) in [5, 5.41) is 14.2. The van der Waals surface area contributed by atoms with Crippen LogP contribution in [0.1, 0.15) is 178 Å². The van der Waals surface area contributed by atoms with Crippen molar-refractivity contribution in [1.29, 1.82) is 0 Å². The highest BCUT2D eigenvalue weighted by Gasteiger charge is 2.11. The fourth-order valence-electron chi connectivity index (χ4n) is 7.61. The second kappa shape index (κ2) is 71.1. The molecular formula is C79H127Cl2N3O5. The normalized spacial score (nSPS) is 10.8. The van der Waals surface area contributed by atoms with Crippen LogP contribution >= 0.6 is 23.2 Å². The number of ether oxygens (including phenoxy) is 3. The van der Waals surface area contributed by atoms with E-state index in [1.165, 1.54) is 105 Å². The Hall–Kier alpha value is -6.00. The summed E-state index contributed by atoms with van der Waals surface area (Å²) in [5.41, 5.74) is 6.42. The molecule has 1 aliphatic heterocycles. The molecular weight excluding hydrogens is 1140 g/mol. The smallest absolute Gasteiger partial charge is 0.216 e. The average Bonchev–Trinajstić information content (AvgIpc) is 4.48. The van der Waals surface area contributed by atoms with Gasteiger partial charge in [0.2, 0.25) is 5.91 Å². The third kappa shape index (κ3) is 59.4. The van der Waals surface area contributed by atoms with Crippen molar-refractivity contribution in [1.82, 2.24) is 15.2 Å². The first-order valence-electron chi connectivity index (χ1n) is 31.8. The Balaban J connectivity index is -0.000000213. The lowest BCUT2D eigenvalue weighted by molar-refractivity contribution is -0.118.